The normalized spacial score (nSPS) is 12.4. The number of hydrogen-bond donors (Lipinski definition) is 2. The number of anilines is 1. The lowest BCUT2D eigenvalue weighted by atomic mass is 10.0. The number of halogens is 4. The zero-order valence-electron chi connectivity index (χ0n) is 15.5. The Kier molecular flexibility index (Phi) is 5.92. The van der Waals surface area contributed by atoms with Gasteiger partial charge in [-0.2, -0.15) is 5.10 Å². The Hall–Kier alpha value is -2.99. The summed E-state index contributed by atoms with van der Waals surface area (Å²) in [5.74, 6) is -0.0860. The molecule has 4 aromatic rings. The van der Waals surface area contributed by atoms with Crippen molar-refractivity contribution in [3.8, 4) is 11.4 Å². The van der Waals surface area contributed by atoms with Gasteiger partial charge in [-0.3, -0.25) is 19.3 Å². The largest absolute Gasteiger partial charge is 0.315 e. The lowest BCUT2D eigenvalue weighted by Crippen LogP contribution is -2.27. The first-order chi connectivity index (χ1) is 14.9. The van der Waals surface area contributed by atoms with Gasteiger partial charge in [-0.15, -0.1) is 11.3 Å². The quantitative estimate of drug-likeness (QED) is 0.397. The minimum absolute atomic E-state index is 0.143. The van der Waals surface area contributed by atoms with Crippen LogP contribution in [0.3, 0.4) is 0 Å². The number of aromatic nitrogens is 4. The van der Waals surface area contributed by atoms with E-state index in [2.05, 4.69) is 36.4 Å². The van der Waals surface area contributed by atoms with Crippen molar-refractivity contribution < 1.29 is 18.0 Å². The molecule has 1 amide bonds. The van der Waals surface area contributed by atoms with E-state index in [0.717, 1.165) is 10.6 Å². The number of carbonyl (C=O) groups excluding carboxylic acids is 1. The van der Waals surface area contributed by atoms with Crippen LogP contribution in [0.2, 0.25) is 0 Å². The molecule has 0 aliphatic heterocycles. The van der Waals surface area contributed by atoms with Gasteiger partial charge in [-0.25, -0.2) is 18.2 Å². The van der Waals surface area contributed by atoms with E-state index in [1.165, 1.54) is 41.9 Å². The summed E-state index contributed by atoms with van der Waals surface area (Å²) in [7, 11) is 0. The number of hydrogen-bond acceptors (Lipinski definition) is 5. The van der Waals surface area contributed by atoms with Crippen molar-refractivity contribution in [3.05, 3.63) is 62.4 Å². The maximum atomic E-state index is 14.0. The van der Waals surface area contributed by atoms with Crippen LogP contribution in [-0.2, 0) is 11.3 Å². The van der Waals surface area contributed by atoms with Crippen LogP contribution >= 0.6 is 27.3 Å². The lowest BCUT2D eigenvalue weighted by molar-refractivity contribution is -0.116. The SMILES string of the molecule is O=C(Cn1c(=O)ccc2c(C(F)C(F)F)cccc21)Nc1scc(Br)c1-c1ncn[nH]1. The zero-order valence-corrected chi connectivity index (χ0v) is 17.9. The maximum absolute atomic E-state index is 14.0. The number of fused-ring (bicyclic) bond motifs is 1. The fraction of sp³-hybridized carbons (Fsp3) is 0.158. The molecule has 1 unspecified atom stereocenters. The minimum atomic E-state index is -3.21. The molecule has 0 saturated carbocycles. The Bertz CT molecular complexity index is 1310. The number of benzene rings is 1. The van der Waals surface area contributed by atoms with Gasteiger partial charge in [0.2, 0.25) is 5.91 Å². The number of thiophene rings is 1. The molecule has 4 rings (SSSR count). The van der Waals surface area contributed by atoms with Crippen LogP contribution in [0.1, 0.15) is 11.7 Å². The third kappa shape index (κ3) is 4.12. The highest BCUT2D eigenvalue weighted by atomic mass is 79.9. The fourth-order valence-electron chi connectivity index (χ4n) is 3.18. The Morgan fingerprint density at radius 2 is 2.06 bits per heavy atom. The van der Waals surface area contributed by atoms with Gasteiger partial charge in [-0.05, 0) is 28.1 Å². The summed E-state index contributed by atoms with van der Waals surface area (Å²) >= 11 is 4.64. The molecule has 3 aromatic heterocycles. The Morgan fingerprint density at radius 3 is 2.77 bits per heavy atom. The first kappa shape index (κ1) is 21.2. The summed E-state index contributed by atoms with van der Waals surface area (Å²) in [6, 6.07) is 6.50. The number of carbonyl (C=O) groups is 1. The molecule has 0 radical (unpaired) electrons. The fourth-order valence-corrected chi connectivity index (χ4v) is 4.81. The number of nitrogens with zero attached hydrogens (tertiary/aromatic N) is 3. The van der Waals surface area contributed by atoms with Gasteiger partial charge in [0.1, 0.15) is 17.9 Å². The Balaban J connectivity index is 1.67. The van der Waals surface area contributed by atoms with Crippen molar-refractivity contribution in [1.29, 1.82) is 0 Å². The van der Waals surface area contributed by atoms with Gasteiger partial charge in [0.15, 0.2) is 12.0 Å². The molecule has 0 spiro atoms. The van der Waals surface area contributed by atoms with Crippen molar-refractivity contribution >= 4 is 49.1 Å². The number of H-pyrrole nitrogens is 1. The average molecular weight is 512 g/mol. The number of amides is 1. The molecule has 12 heteroatoms. The zero-order chi connectivity index (χ0) is 22.1. The van der Waals surface area contributed by atoms with E-state index in [9.17, 15) is 22.8 Å². The van der Waals surface area contributed by atoms with E-state index in [0.29, 0.717) is 20.9 Å². The van der Waals surface area contributed by atoms with Crippen molar-refractivity contribution in [2.75, 3.05) is 5.32 Å². The highest BCUT2D eigenvalue weighted by Gasteiger charge is 2.24. The van der Waals surface area contributed by atoms with Gasteiger partial charge < -0.3 is 5.32 Å². The predicted molar refractivity (Wildman–Crippen MR) is 114 cm³/mol. The molecule has 31 heavy (non-hydrogen) atoms. The van der Waals surface area contributed by atoms with Gasteiger partial charge in [0, 0.05) is 26.9 Å². The first-order valence-corrected chi connectivity index (χ1v) is 10.5. The minimum Gasteiger partial charge on any atom is -0.315 e. The summed E-state index contributed by atoms with van der Waals surface area (Å²) < 4.78 is 41.6. The highest BCUT2D eigenvalue weighted by molar-refractivity contribution is 9.10. The lowest BCUT2D eigenvalue weighted by Gasteiger charge is -2.14. The standard InChI is InChI=1S/C19H13BrF3N5O2S/c20-11-7-31-19(15(11)18-24-8-25-27-18)26-13(29)6-28-12-3-1-2-10(16(21)17(22)23)9(12)4-5-14(28)30/h1-5,7-8,16-17H,6H2,(H,26,29)(H,24,25,27). The van der Waals surface area contributed by atoms with Gasteiger partial charge >= 0.3 is 0 Å². The molecule has 0 fully saturated rings. The smallest absolute Gasteiger partial charge is 0.273 e. The van der Waals surface area contributed by atoms with Crippen LogP contribution < -0.4 is 10.9 Å². The van der Waals surface area contributed by atoms with Gasteiger partial charge in [0.25, 0.3) is 12.0 Å². The van der Waals surface area contributed by atoms with E-state index < -0.39 is 30.6 Å². The molecule has 0 saturated heterocycles. The molecule has 0 aliphatic carbocycles. The summed E-state index contributed by atoms with van der Waals surface area (Å²) in [6.45, 7) is -0.392. The molecule has 1 atom stereocenters. The van der Waals surface area contributed by atoms with Gasteiger partial charge in [-0.1, -0.05) is 12.1 Å². The Labute approximate surface area is 185 Å². The second kappa shape index (κ2) is 8.63. The molecule has 0 aliphatic rings. The van der Waals surface area contributed by atoms with Crippen LogP contribution in [-0.4, -0.2) is 32.1 Å². The van der Waals surface area contributed by atoms with Crippen LogP contribution in [0.5, 0.6) is 0 Å². The second-order valence-electron chi connectivity index (χ2n) is 6.44. The molecule has 3 heterocycles. The topological polar surface area (TPSA) is 92.7 Å². The molecule has 2 N–H and O–H groups in total. The average Bonchev–Trinajstić information content (AvgIpc) is 3.38. The van der Waals surface area contributed by atoms with E-state index in [1.54, 1.807) is 5.38 Å². The van der Waals surface area contributed by atoms with Crippen molar-refractivity contribution in [2.24, 2.45) is 0 Å². The second-order valence-corrected chi connectivity index (χ2v) is 8.18. The van der Waals surface area contributed by atoms with Crippen molar-refractivity contribution in [3.63, 3.8) is 0 Å². The number of pyridine rings is 1. The number of aromatic amines is 1. The third-order valence-electron chi connectivity index (χ3n) is 4.54. The third-order valence-corrected chi connectivity index (χ3v) is 6.36. The predicted octanol–water partition coefficient (Wildman–Crippen LogP) is 4.53. The number of nitrogens with one attached hydrogen (secondary N) is 2. The molecule has 1 aromatic carbocycles. The Morgan fingerprint density at radius 1 is 1.26 bits per heavy atom. The van der Waals surface area contributed by atoms with E-state index in [-0.39, 0.29) is 16.5 Å². The van der Waals surface area contributed by atoms with Gasteiger partial charge in [0.05, 0.1) is 11.1 Å². The summed E-state index contributed by atoms with van der Waals surface area (Å²) in [5, 5.41) is 11.6. The van der Waals surface area contributed by atoms with Crippen LogP contribution in [0.15, 0.2) is 51.3 Å². The van der Waals surface area contributed by atoms with Crippen LogP contribution in [0, 0.1) is 0 Å². The van der Waals surface area contributed by atoms with E-state index in [1.807, 2.05) is 0 Å². The first-order valence-electron chi connectivity index (χ1n) is 8.84. The molecule has 0 bridgehead atoms. The van der Waals surface area contributed by atoms with Crippen LogP contribution in [0.25, 0.3) is 22.3 Å². The molecular formula is C19H13BrF3N5O2S. The summed E-state index contributed by atoms with van der Waals surface area (Å²) in [4.78, 5) is 29.2. The van der Waals surface area contributed by atoms with E-state index >= 15 is 0 Å². The van der Waals surface area contributed by atoms with Crippen molar-refractivity contribution in [2.45, 2.75) is 19.1 Å². The van der Waals surface area contributed by atoms with Crippen LogP contribution in [0.4, 0.5) is 18.2 Å². The monoisotopic (exact) mass is 511 g/mol. The van der Waals surface area contributed by atoms with Crippen molar-refractivity contribution in [1.82, 2.24) is 19.7 Å². The number of rotatable bonds is 6. The summed E-state index contributed by atoms with van der Waals surface area (Å²) in [6.07, 6.45) is -4.38. The molecular weight excluding hydrogens is 499 g/mol. The van der Waals surface area contributed by atoms with E-state index in [4.69, 9.17) is 0 Å². The maximum Gasteiger partial charge on any atom is 0.273 e. The molecule has 7 nitrogen and oxygen atoms in total. The molecule has 160 valence electrons. The summed E-state index contributed by atoms with van der Waals surface area (Å²) in [5.41, 5.74) is 0.0263. The number of alkyl halides is 3. The highest BCUT2D eigenvalue weighted by Crippen LogP contribution is 2.38.